The first-order valence-corrected chi connectivity index (χ1v) is 26.6. The van der Waals surface area contributed by atoms with Crippen LogP contribution in [0.25, 0.3) is 0 Å². The quantitative estimate of drug-likeness (QED) is 0.357. The molecule has 0 aromatic heterocycles. The Bertz CT molecular complexity index is 808. The van der Waals surface area contributed by atoms with E-state index in [4.69, 9.17) is 0 Å². The van der Waals surface area contributed by atoms with Gasteiger partial charge in [-0.25, -0.2) is 0 Å². The van der Waals surface area contributed by atoms with Gasteiger partial charge in [-0.05, 0) is 41.3 Å². The van der Waals surface area contributed by atoms with Crippen LogP contribution in [0.5, 0.6) is 0 Å². The molecule has 1 aliphatic rings. The SMILES string of the molecule is CC1C([Si](C)(C)[Si](C)(C)Nc2ccccc2)CCC1[Si](C)(C)[Si](C)(C)Nc1ccccc1. The summed E-state index contributed by atoms with van der Waals surface area (Å²) in [5.74, 6) is 0.854. The lowest BCUT2D eigenvalue weighted by molar-refractivity contribution is 0.588. The minimum absolute atomic E-state index is 0.854. The van der Waals surface area contributed by atoms with Gasteiger partial charge in [-0.1, -0.05) is 109 Å². The van der Waals surface area contributed by atoms with Gasteiger partial charge in [0.25, 0.3) is 0 Å². The van der Waals surface area contributed by atoms with Crippen LogP contribution in [-0.2, 0) is 0 Å². The molecule has 1 aliphatic carbocycles. The predicted octanol–water partition coefficient (Wildman–Crippen LogP) is 8.36. The van der Waals surface area contributed by atoms with Crippen LogP contribution < -0.4 is 9.96 Å². The molecule has 1 fully saturated rings. The Labute approximate surface area is 201 Å². The number of nitrogens with one attached hydrogen (secondary N) is 2. The summed E-state index contributed by atoms with van der Waals surface area (Å²) in [5.41, 5.74) is 4.50. The van der Waals surface area contributed by atoms with Gasteiger partial charge in [-0.2, -0.15) is 0 Å². The van der Waals surface area contributed by atoms with Gasteiger partial charge in [0, 0.05) is 11.4 Å². The third-order valence-corrected chi connectivity index (χ3v) is 45.5. The first-order chi connectivity index (χ1) is 14.8. The zero-order valence-electron chi connectivity index (χ0n) is 21.9. The average Bonchev–Trinajstić information content (AvgIpc) is 3.11. The van der Waals surface area contributed by atoms with E-state index in [-0.39, 0.29) is 0 Å². The van der Waals surface area contributed by atoms with E-state index in [0.29, 0.717) is 0 Å². The highest BCUT2D eigenvalue weighted by Gasteiger charge is 2.57. The van der Waals surface area contributed by atoms with E-state index in [1.54, 1.807) is 0 Å². The highest BCUT2D eigenvalue weighted by Crippen LogP contribution is 2.56. The van der Waals surface area contributed by atoms with Crippen molar-refractivity contribution in [2.24, 2.45) is 5.92 Å². The number of anilines is 2. The van der Waals surface area contributed by atoms with Crippen molar-refractivity contribution < 1.29 is 0 Å². The third-order valence-electron chi connectivity index (χ3n) is 9.59. The van der Waals surface area contributed by atoms with Crippen LogP contribution in [0.3, 0.4) is 0 Å². The second-order valence-corrected chi connectivity index (χ2v) is 42.9. The maximum Gasteiger partial charge on any atom is 0.136 e. The molecule has 32 heavy (non-hydrogen) atoms. The number of rotatable bonds is 8. The Morgan fingerprint density at radius 1 is 0.562 bits per heavy atom. The molecule has 0 saturated heterocycles. The molecule has 2 aromatic carbocycles. The summed E-state index contributed by atoms with van der Waals surface area (Å²) in [5, 5.41) is 0. The summed E-state index contributed by atoms with van der Waals surface area (Å²) in [6.45, 7) is 23.9. The molecule has 3 rings (SSSR count). The van der Waals surface area contributed by atoms with Crippen LogP contribution in [-0.4, -0.2) is 30.7 Å². The molecule has 6 heteroatoms. The molecule has 2 unspecified atom stereocenters. The van der Waals surface area contributed by atoms with Crippen LogP contribution in [0, 0.1) is 5.92 Å². The fraction of sp³-hybridized carbons (Fsp3) is 0.538. The van der Waals surface area contributed by atoms with Crippen molar-refractivity contribution in [3.8, 4) is 0 Å². The minimum atomic E-state index is -1.57. The van der Waals surface area contributed by atoms with E-state index < -0.39 is 30.7 Å². The summed E-state index contributed by atoms with van der Waals surface area (Å²) in [6, 6.07) is 21.9. The van der Waals surface area contributed by atoms with E-state index in [9.17, 15) is 0 Å². The normalized spacial score (nSPS) is 22.6. The van der Waals surface area contributed by atoms with Gasteiger partial charge in [-0.15, -0.1) is 0 Å². The Morgan fingerprint density at radius 3 is 1.19 bits per heavy atom. The van der Waals surface area contributed by atoms with Gasteiger partial charge >= 0.3 is 0 Å². The number of para-hydroxylation sites is 2. The topological polar surface area (TPSA) is 24.1 Å². The first-order valence-electron chi connectivity index (χ1n) is 12.5. The largest absolute Gasteiger partial charge is 0.413 e. The molecule has 0 spiro atoms. The minimum Gasteiger partial charge on any atom is -0.413 e. The fourth-order valence-electron chi connectivity index (χ4n) is 6.22. The van der Waals surface area contributed by atoms with Crippen LogP contribution >= 0.6 is 0 Å². The Hall–Kier alpha value is -1.09. The third kappa shape index (κ3) is 4.88. The average molecular weight is 499 g/mol. The van der Waals surface area contributed by atoms with Gasteiger partial charge in [0.15, 0.2) is 0 Å². The van der Waals surface area contributed by atoms with Gasteiger partial charge in [0.1, 0.15) is 15.5 Å². The first kappa shape index (κ1) is 25.5. The maximum absolute atomic E-state index is 4.08. The van der Waals surface area contributed by atoms with Crippen LogP contribution in [0.4, 0.5) is 11.4 Å². The van der Waals surface area contributed by atoms with E-state index in [0.717, 1.165) is 17.0 Å². The molecule has 0 aliphatic heterocycles. The lowest BCUT2D eigenvalue weighted by Gasteiger charge is -2.48. The van der Waals surface area contributed by atoms with E-state index in [1.165, 1.54) is 24.2 Å². The van der Waals surface area contributed by atoms with Crippen molar-refractivity contribution in [2.45, 2.75) is 83.2 Å². The summed E-state index contributed by atoms with van der Waals surface area (Å²) in [7, 11) is -6.05. The molecule has 0 bridgehead atoms. The number of benzene rings is 2. The Morgan fingerprint density at radius 2 is 0.875 bits per heavy atom. The zero-order valence-corrected chi connectivity index (χ0v) is 25.9. The van der Waals surface area contributed by atoms with E-state index >= 15 is 0 Å². The van der Waals surface area contributed by atoms with Crippen molar-refractivity contribution in [2.75, 3.05) is 9.96 Å². The van der Waals surface area contributed by atoms with Crippen molar-refractivity contribution in [1.82, 2.24) is 0 Å². The standard InChI is InChI=1S/C26H46N2Si4/c1-22-25(29(2,3)31(6,7)27-23-16-12-10-13-17-23)20-21-26(22)30(4,5)32(8,9)28-24-18-14-11-15-19-24/h10-19,22,25-28H,20-21H2,1-9H3. The smallest absolute Gasteiger partial charge is 0.136 e. The predicted molar refractivity (Wildman–Crippen MR) is 156 cm³/mol. The highest BCUT2D eigenvalue weighted by atomic mass is 29.3. The lowest BCUT2D eigenvalue weighted by Crippen LogP contribution is -2.65. The second-order valence-electron chi connectivity index (χ2n) is 12.3. The molecule has 2 aromatic rings. The van der Waals surface area contributed by atoms with Crippen molar-refractivity contribution in [3.63, 3.8) is 0 Å². The summed E-state index contributed by atoms with van der Waals surface area (Å²) < 4.78 is 0. The second kappa shape index (κ2) is 9.28. The summed E-state index contributed by atoms with van der Waals surface area (Å²) in [4.78, 5) is 8.16. The number of hydrogen-bond acceptors (Lipinski definition) is 2. The van der Waals surface area contributed by atoms with Gasteiger partial charge in [0.2, 0.25) is 0 Å². The molecule has 0 amide bonds. The van der Waals surface area contributed by atoms with E-state index in [2.05, 4.69) is 130 Å². The summed E-state index contributed by atoms with van der Waals surface area (Å²) >= 11 is 0. The Kier molecular flexibility index (Phi) is 7.40. The molecule has 2 nitrogen and oxygen atoms in total. The fourth-order valence-corrected chi connectivity index (χ4v) is 26.4. The van der Waals surface area contributed by atoms with Crippen molar-refractivity contribution in [1.29, 1.82) is 0 Å². The van der Waals surface area contributed by atoms with Gasteiger partial charge in [-0.3, -0.25) is 0 Å². The van der Waals surface area contributed by atoms with Crippen molar-refractivity contribution >= 4 is 42.1 Å². The van der Waals surface area contributed by atoms with E-state index in [1.807, 2.05) is 0 Å². The van der Waals surface area contributed by atoms with Crippen LogP contribution in [0.1, 0.15) is 19.8 Å². The molecule has 1 saturated carbocycles. The number of hydrogen-bond donors (Lipinski definition) is 2. The monoisotopic (exact) mass is 498 g/mol. The molecule has 176 valence electrons. The molecule has 2 atom stereocenters. The highest BCUT2D eigenvalue weighted by molar-refractivity contribution is 7.43. The zero-order chi connectivity index (χ0) is 23.8. The van der Waals surface area contributed by atoms with Crippen LogP contribution in [0.2, 0.25) is 63.5 Å². The van der Waals surface area contributed by atoms with Crippen LogP contribution in [0.15, 0.2) is 60.7 Å². The summed E-state index contributed by atoms with van der Waals surface area (Å²) in [6.07, 6.45) is 2.90. The molecular formula is C26H46N2Si4. The maximum atomic E-state index is 4.08. The van der Waals surface area contributed by atoms with Crippen molar-refractivity contribution in [3.05, 3.63) is 60.7 Å². The lowest BCUT2D eigenvalue weighted by atomic mass is 10.1. The molecular weight excluding hydrogens is 453 g/mol. The molecule has 0 radical (unpaired) electrons. The molecule has 2 N–H and O–H groups in total. The van der Waals surface area contributed by atoms with Gasteiger partial charge in [0.05, 0.1) is 15.2 Å². The molecule has 0 heterocycles. The van der Waals surface area contributed by atoms with Gasteiger partial charge < -0.3 is 9.96 Å². The Balaban J connectivity index is 1.79.